The quantitative estimate of drug-likeness (QED) is 0.862. The van der Waals surface area contributed by atoms with Crippen LogP contribution in [0.4, 0.5) is 0 Å². The van der Waals surface area contributed by atoms with Crippen molar-refractivity contribution in [3.05, 3.63) is 18.0 Å². The van der Waals surface area contributed by atoms with Crippen molar-refractivity contribution in [3.63, 3.8) is 0 Å². The lowest BCUT2D eigenvalue weighted by molar-refractivity contribution is 0.328. The van der Waals surface area contributed by atoms with Gasteiger partial charge in [-0.15, -0.1) is 0 Å². The summed E-state index contributed by atoms with van der Waals surface area (Å²) in [6, 6.07) is 3.85. The number of hydrogen-bond donors (Lipinski definition) is 1. The number of aromatic nitrogens is 3. The third-order valence-electron chi connectivity index (χ3n) is 2.82. The van der Waals surface area contributed by atoms with E-state index in [1.807, 2.05) is 19.1 Å². The summed E-state index contributed by atoms with van der Waals surface area (Å²) in [6.07, 6.45) is 2.30. The number of aromatic amines is 1. The van der Waals surface area contributed by atoms with Gasteiger partial charge in [0.15, 0.2) is 5.65 Å². The van der Waals surface area contributed by atoms with E-state index < -0.39 is 0 Å². The first-order chi connectivity index (χ1) is 8.24. The number of hydrogen-bond acceptors (Lipinski definition) is 3. The molecule has 0 fully saturated rings. The van der Waals surface area contributed by atoms with Crippen LogP contribution < -0.4 is 4.74 Å². The lowest BCUT2D eigenvalue weighted by Crippen LogP contribution is -1.95. The second-order valence-corrected chi connectivity index (χ2v) is 4.27. The third kappa shape index (κ3) is 2.57. The van der Waals surface area contributed by atoms with E-state index in [2.05, 4.69) is 28.8 Å². The van der Waals surface area contributed by atoms with Crippen molar-refractivity contribution in [1.82, 2.24) is 15.0 Å². The molecule has 2 rings (SSSR count). The van der Waals surface area contributed by atoms with Crippen molar-refractivity contribution in [3.8, 4) is 5.88 Å². The molecular formula is C13H19N3O. The van der Waals surface area contributed by atoms with Crippen molar-refractivity contribution < 1.29 is 4.74 Å². The smallest absolute Gasteiger partial charge is 0.215 e. The molecule has 1 N–H and O–H groups in total. The molecule has 0 bridgehead atoms. The van der Waals surface area contributed by atoms with Crippen LogP contribution in [0.3, 0.4) is 0 Å². The van der Waals surface area contributed by atoms with E-state index in [0.717, 1.165) is 29.8 Å². The van der Waals surface area contributed by atoms with Gasteiger partial charge in [0.2, 0.25) is 5.88 Å². The van der Waals surface area contributed by atoms with Gasteiger partial charge in [-0.1, -0.05) is 20.3 Å². The van der Waals surface area contributed by atoms with Gasteiger partial charge in [0.1, 0.15) is 5.82 Å². The summed E-state index contributed by atoms with van der Waals surface area (Å²) in [5, 5.41) is 0. The molecule has 2 aromatic rings. The Bertz CT molecular complexity index is 492. The van der Waals surface area contributed by atoms with Crippen LogP contribution in [0.25, 0.3) is 11.2 Å². The van der Waals surface area contributed by atoms with E-state index in [4.69, 9.17) is 4.74 Å². The minimum atomic E-state index is 0.449. The van der Waals surface area contributed by atoms with E-state index in [1.54, 1.807) is 0 Å². The van der Waals surface area contributed by atoms with Gasteiger partial charge in [-0.05, 0) is 19.4 Å². The molecule has 0 spiro atoms. The predicted molar refractivity (Wildman–Crippen MR) is 68.4 cm³/mol. The first kappa shape index (κ1) is 11.9. The first-order valence-electron chi connectivity index (χ1n) is 6.24. The molecule has 4 heteroatoms. The van der Waals surface area contributed by atoms with E-state index in [0.29, 0.717) is 18.4 Å². The number of imidazole rings is 1. The predicted octanol–water partition coefficient (Wildman–Crippen LogP) is 3.26. The van der Waals surface area contributed by atoms with Crippen molar-refractivity contribution in [2.24, 2.45) is 0 Å². The summed E-state index contributed by atoms with van der Waals surface area (Å²) in [4.78, 5) is 12.2. The summed E-state index contributed by atoms with van der Waals surface area (Å²) in [7, 11) is 0. The van der Waals surface area contributed by atoms with E-state index in [-0.39, 0.29) is 0 Å². The standard InChI is InChI=1S/C13H19N3O/c1-4-6-9(3)12-14-10-7-8-11(17-5-2)15-13(10)16-12/h7-9H,4-6H2,1-3H3,(H,14,15,16). The van der Waals surface area contributed by atoms with Gasteiger partial charge in [-0.25, -0.2) is 4.98 Å². The normalized spacial score (nSPS) is 12.9. The van der Waals surface area contributed by atoms with Crippen LogP contribution in [0.15, 0.2) is 12.1 Å². The monoisotopic (exact) mass is 233 g/mol. The Morgan fingerprint density at radius 1 is 1.29 bits per heavy atom. The SMILES string of the molecule is CCCC(C)c1nc2nc(OCC)ccc2[nH]1. The van der Waals surface area contributed by atoms with Crippen LogP contribution in [-0.2, 0) is 0 Å². The first-order valence-corrected chi connectivity index (χ1v) is 6.24. The van der Waals surface area contributed by atoms with Crippen LogP contribution in [0.5, 0.6) is 5.88 Å². The van der Waals surface area contributed by atoms with Crippen LogP contribution in [0.1, 0.15) is 45.4 Å². The third-order valence-corrected chi connectivity index (χ3v) is 2.82. The molecule has 0 aliphatic heterocycles. The second kappa shape index (κ2) is 5.17. The van der Waals surface area contributed by atoms with Gasteiger partial charge < -0.3 is 9.72 Å². The Morgan fingerprint density at radius 2 is 2.12 bits per heavy atom. The number of nitrogens with zero attached hydrogens (tertiary/aromatic N) is 2. The topological polar surface area (TPSA) is 50.8 Å². The number of fused-ring (bicyclic) bond motifs is 1. The molecule has 4 nitrogen and oxygen atoms in total. The van der Waals surface area contributed by atoms with Gasteiger partial charge in [0.05, 0.1) is 12.1 Å². The highest BCUT2D eigenvalue weighted by Crippen LogP contribution is 2.21. The molecule has 0 saturated heterocycles. The lowest BCUT2D eigenvalue weighted by Gasteiger charge is -2.04. The molecule has 0 aromatic carbocycles. The molecule has 0 radical (unpaired) electrons. The Labute approximate surface area is 101 Å². The number of pyridine rings is 1. The lowest BCUT2D eigenvalue weighted by atomic mass is 10.1. The highest BCUT2D eigenvalue weighted by molar-refractivity contribution is 5.71. The molecule has 2 heterocycles. The van der Waals surface area contributed by atoms with Crippen molar-refractivity contribution in [1.29, 1.82) is 0 Å². The largest absolute Gasteiger partial charge is 0.478 e. The molecule has 0 aliphatic carbocycles. The zero-order valence-electron chi connectivity index (χ0n) is 10.7. The number of H-pyrrole nitrogens is 1. The highest BCUT2D eigenvalue weighted by Gasteiger charge is 2.11. The van der Waals surface area contributed by atoms with Gasteiger partial charge in [-0.3, -0.25) is 0 Å². The fourth-order valence-electron chi connectivity index (χ4n) is 1.93. The fourth-order valence-corrected chi connectivity index (χ4v) is 1.93. The molecule has 0 saturated carbocycles. The van der Waals surface area contributed by atoms with E-state index in [9.17, 15) is 0 Å². The second-order valence-electron chi connectivity index (χ2n) is 4.27. The molecule has 17 heavy (non-hydrogen) atoms. The average Bonchev–Trinajstić information content (AvgIpc) is 2.73. The number of ether oxygens (including phenoxy) is 1. The van der Waals surface area contributed by atoms with Gasteiger partial charge >= 0.3 is 0 Å². The number of nitrogens with one attached hydrogen (secondary N) is 1. The minimum absolute atomic E-state index is 0.449. The molecular weight excluding hydrogens is 214 g/mol. The van der Waals surface area contributed by atoms with Crippen LogP contribution >= 0.6 is 0 Å². The van der Waals surface area contributed by atoms with Gasteiger partial charge in [-0.2, -0.15) is 4.98 Å². The zero-order valence-corrected chi connectivity index (χ0v) is 10.7. The minimum Gasteiger partial charge on any atom is -0.478 e. The maximum atomic E-state index is 5.37. The van der Waals surface area contributed by atoms with Crippen LogP contribution in [0.2, 0.25) is 0 Å². The molecule has 1 unspecified atom stereocenters. The summed E-state index contributed by atoms with van der Waals surface area (Å²) in [5.74, 6) is 2.11. The Balaban J connectivity index is 2.30. The average molecular weight is 233 g/mol. The maximum Gasteiger partial charge on any atom is 0.215 e. The molecule has 92 valence electrons. The molecule has 0 amide bonds. The number of rotatable bonds is 5. The summed E-state index contributed by atoms with van der Waals surface area (Å²) >= 11 is 0. The van der Waals surface area contributed by atoms with E-state index in [1.165, 1.54) is 0 Å². The zero-order chi connectivity index (χ0) is 12.3. The fraction of sp³-hybridized carbons (Fsp3) is 0.538. The van der Waals surface area contributed by atoms with Crippen molar-refractivity contribution in [2.75, 3.05) is 6.61 Å². The van der Waals surface area contributed by atoms with Gasteiger partial charge in [0, 0.05) is 12.0 Å². The summed E-state index contributed by atoms with van der Waals surface area (Å²) < 4.78 is 5.37. The summed E-state index contributed by atoms with van der Waals surface area (Å²) in [6.45, 7) is 6.95. The van der Waals surface area contributed by atoms with Crippen LogP contribution in [-0.4, -0.2) is 21.6 Å². The van der Waals surface area contributed by atoms with Crippen molar-refractivity contribution >= 4 is 11.2 Å². The Morgan fingerprint density at radius 3 is 2.82 bits per heavy atom. The summed E-state index contributed by atoms with van der Waals surface area (Å²) in [5.41, 5.74) is 1.72. The molecule has 0 aliphatic rings. The molecule has 2 aromatic heterocycles. The Hall–Kier alpha value is -1.58. The maximum absolute atomic E-state index is 5.37. The van der Waals surface area contributed by atoms with Gasteiger partial charge in [0.25, 0.3) is 0 Å². The molecule has 1 atom stereocenters. The van der Waals surface area contributed by atoms with Crippen molar-refractivity contribution in [2.45, 2.75) is 39.5 Å². The highest BCUT2D eigenvalue weighted by atomic mass is 16.5. The Kier molecular flexibility index (Phi) is 3.61. The van der Waals surface area contributed by atoms with Crippen LogP contribution in [0, 0.1) is 0 Å². The van der Waals surface area contributed by atoms with E-state index >= 15 is 0 Å².